The Morgan fingerprint density at radius 2 is 2.12 bits per heavy atom. The standard InChI is InChI=1S/C13H17BrFNO/c1-8-10(6-9-2-4-16-5-3-9)13(17)12(15)7-11(8)14/h7,9,16-17H,2-6H2,1H3. The molecule has 1 aromatic rings. The maximum absolute atomic E-state index is 13.5. The van der Waals surface area contributed by atoms with Gasteiger partial charge in [0.15, 0.2) is 11.6 Å². The van der Waals surface area contributed by atoms with Gasteiger partial charge in [0.05, 0.1) is 0 Å². The van der Waals surface area contributed by atoms with Gasteiger partial charge in [0, 0.05) is 10.0 Å². The molecule has 2 rings (SSSR count). The Balaban J connectivity index is 2.24. The number of phenols is 1. The van der Waals surface area contributed by atoms with Crippen LogP contribution in [-0.4, -0.2) is 18.2 Å². The Labute approximate surface area is 109 Å². The molecule has 0 unspecified atom stereocenters. The Morgan fingerprint density at radius 3 is 2.76 bits per heavy atom. The third-order valence-corrected chi connectivity index (χ3v) is 4.35. The summed E-state index contributed by atoms with van der Waals surface area (Å²) in [5.74, 6) is -0.176. The van der Waals surface area contributed by atoms with Crippen LogP contribution in [0.3, 0.4) is 0 Å². The maximum Gasteiger partial charge on any atom is 0.166 e. The number of hydrogen-bond donors (Lipinski definition) is 2. The van der Waals surface area contributed by atoms with Gasteiger partial charge in [-0.1, -0.05) is 15.9 Å². The molecule has 2 N–H and O–H groups in total. The molecule has 0 aromatic heterocycles. The predicted octanol–water partition coefficient (Wildman–Crippen LogP) is 3.14. The molecule has 0 radical (unpaired) electrons. The van der Waals surface area contributed by atoms with E-state index in [9.17, 15) is 9.50 Å². The van der Waals surface area contributed by atoms with Gasteiger partial charge in [-0.25, -0.2) is 4.39 Å². The summed E-state index contributed by atoms with van der Waals surface area (Å²) in [6.07, 6.45) is 2.94. The smallest absolute Gasteiger partial charge is 0.166 e. The number of benzene rings is 1. The molecule has 2 nitrogen and oxygen atoms in total. The second kappa shape index (κ2) is 5.36. The number of hydrogen-bond acceptors (Lipinski definition) is 2. The number of nitrogens with one attached hydrogen (secondary N) is 1. The first-order valence-electron chi connectivity index (χ1n) is 5.96. The zero-order chi connectivity index (χ0) is 12.4. The van der Waals surface area contributed by atoms with E-state index < -0.39 is 5.82 Å². The summed E-state index contributed by atoms with van der Waals surface area (Å²) in [7, 11) is 0. The molecule has 94 valence electrons. The second-order valence-electron chi connectivity index (χ2n) is 4.69. The highest BCUT2D eigenvalue weighted by Gasteiger charge is 2.19. The lowest BCUT2D eigenvalue weighted by Gasteiger charge is -2.24. The number of phenolic OH excluding ortho intramolecular Hbond substituents is 1. The van der Waals surface area contributed by atoms with E-state index >= 15 is 0 Å². The maximum atomic E-state index is 13.5. The number of halogens is 2. The third kappa shape index (κ3) is 2.80. The van der Waals surface area contributed by atoms with Crippen LogP contribution in [0.4, 0.5) is 4.39 Å². The first-order chi connectivity index (χ1) is 8.09. The minimum atomic E-state index is -0.536. The van der Waals surface area contributed by atoms with Gasteiger partial charge in [-0.15, -0.1) is 0 Å². The van der Waals surface area contributed by atoms with Crippen LogP contribution in [0.2, 0.25) is 0 Å². The molecule has 1 aromatic carbocycles. The van der Waals surface area contributed by atoms with E-state index in [1.54, 1.807) is 0 Å². The first kappa shape index (κ1) is 12.8. The van der Waals surface area contributed by atoms with Crippen molar-refractivity contribution in [1.82, 2.24) is 5.32 Å². The van der Waals surface area contributed by atoms with E-state index in [-0.39, 0.29) is 5.75 Å². The van der Waals surface area contributed by atoms with Gasteiger partial charge in [-0.2, -0.15) is 0 Å². The van der Waals surface area contributed by atoms with E-state index in [0.717, 1.165) is 48.0 Å². The highest BCUT2D eigenvalue weighted by atomic mass is 79.9. The fourth-order valence-corrected chi connectivity index (χ4v) is 2.82. The molecule has 1 aliphatic heterocycles. The first-order valence-corrected chi connectivity index (χ1v) is 6.76. The Morgan fingerprint density at radius 1 is 1.47 bits per heavy atom. The van der Waals surface area contributed by atoms with Crippen molar-refractivity contribution in [2.75, 3.05) is 13.1 Å². The van der Waals surface area contributed by atoms with Crippen molar-refractivity contribution in [1.29, 1.82) is 0 Å². The SMILES string of the molecule is Cc1c(Br)cc(F)c(O)c1CC1CCNCC1. The molecule has 17 heavy (non-hydrogen) atoms. The third-order valence-electron chi connectivity index (χ3n) is 3.53. The van der Waals surface area contributed by atoms with Gasteiger partial charge in [-0.3, -0.25) is 0 Å². The molecule has 0 atom stereocenters. The minimum Gasteiger partial charge on any atom is -0.505 e. The van der Waals surface area contributed by atoms with Crippen LogP contribution in [0.25, 0.3) is 0 Å². The van der Waals surface area contributed by atoms with E-state index in [0.29, 0.717) is 5.92 Å². The average molecular weight is 302 g/mol. The molecule has 1 heterocycles. The van der Waals surface area contributed by atoms with Crippen LogP contribution in [0.15, 0.2) is 10.5 Å². The predicted molar refractivity (Wildman–Crippen MR) is 69.8 cm³/mol. The quantitative estimate of drug-likeness (QED) is 0.879. The van der Waals surface area contributed by atoms with Crippen molar-refractivity contribution >= 4 is 15.9 Å². The number of piperidine rings is 1. The molecular formula is C13H17BrFNO. The summed E-state index contributed by atoms with van der Waals surface area (Å²) in [5.41, 5.74) is 1.70. The van der Waals surface area contributed by atoms with Crippen molar-refractivity contribution in [2.45, 2.75) is 26.2 Å². The Bertz CT molecular complexity index is 390. The highest BCUT2D eigenvalue weighted by molar-refractivity contribution is 9.10. The van der Waals surface area contributed by atoms with Gasteiger partial charge in [0.25, 0.3) is 0 Å². The van der Waals surface area contributed by atoms with Gasteiger partial charge in [0.2, 0.25) is 0 Å². The van der Waals surface area contributed by atoms with Crippen LogP contribution in [-0.2, 0) is 6.42 Å². The largest absolute Gasteiger partial charge is 0.505 e. The Kier molecular flexibility index (Phi) is 4.05. The highest BCUT2D eigenvalue weighted by Crippen LogP contribution is 2.33. The summed E-state index contributed by atoms with van der Waals surface area (Å²) in [6.45, 7) is 3.95. The van der Waals surface area contributed by atoms with Gasteiger partial charge >= 0.3 is 0 Å². The molecule has 0 aliphatic carbocycles. The molecule has 1 aliphatic rings. The van der Waals surface area contributed by atoms with Crippen molar-refractivity contribution in [2.24, 2.45) is 5.92 Å². The lowest BCUT2D eigenvalue weighted by Crippen LogP contribution is -2.28. The van der Waals surface area contributed by atoms with Gasteiger partial charge < -0.3 is 10.4 Å². The van der Waals surface area contributed by atoms with Crippen LogP contribution in [0.1, 0.15) is 24.0 Å². The van der Waals surface area contributed by atoms with E-state index in [4.69, 9.17) is 0 Å². The zero-order valence-corrected chi connectivity index (χ0v) is 11.5. The summed E-state index contributed by atoms with van der Waals surface area (Å²) < 4.78 is 14.2. The normalized spacial score (nSPS) is 17.4. The number of rotatable bonds is 2. The summed E-state index contributed by atoms with van der Waals surface area (Å²) in [5, 5.41) is 13.1. The van der Waals surface area contributed by atoms with Gasteiger partial charge in [-0.05, 0) is 56.8 Å². The lowest BCUT2D eigenvalue weighted by atomic mass is 9.89. The molecule has 0 amide bonds. The van der Waals surface area contributed by atoms with Crippen molar-refractivity contribution in [3.63, 3.8) is 0 Å². The van der Waals surface area contributed by atoms with Crippen molar-refractivity contribution in [3.05, 3.63) is 27.5 Å². The molecular weight excluding hydrogens is 285 g/mol. The zero-order valence-electron chi connectivity index (χ0n) is 9.89. The molecule has 0 saturated carbocycles. The van der Waals surface area contributed by atoms with E-state index in [1.165, 1.54) is 6.07 Å². The van der Waals surface area contributed by atoms with E-state index in [1.807, 2.05) is 6.92 Å². The average Bonchev–Trinajstić information content (AvgIpc) is 2.33. The summed E-state index contributed by atoms with van der Waals surface area (Å²) in [4.78, 5) is 0. The molecule has 4 heteroatoms. The monoisotopic (exact) mass is 301 g/mol. The van der Waals surface area contributed by atoms with Crippen molar-refractivity contribution < 1.29 is 9.50 Å². The Hall–Kier alpha value is -0.610. The molecule has 1 saturated heterocycles. The second-order valence-corrected chi connectivity index (χ2v) is 5.54. The fraction of sp³-hybridized carbons (Fsp3) is 0.538. The minimum absolute atomic E-state index is 0.177. The van der Waals surface area contributed by atoms with Crippen molar-refractivity contribution in [3.8, 4) is 5.75 Å². The molecule has 1 fully saturated rings. The topological polar surface area (TPSA) is 32.3 Å². The van der Waals surface area contributed by atoms with Gasteiger partial charge in [0.1, 0.15) is 0 Å². The molecule has 0 bridgehead atoms. The number of aromatic hydroxyl groups is 1. The summed E-state index contributed by atoms with van der Waals surface area (Å²) >= 11 is 3.33. The van der Waals surface area contributed by atoms with Crippen LogP contribution in [0.5, 0.6) is 5.75 Å². The van der Waals surface area contributed by atoms with Crippen LogP contribution in [0, 0.1) is 18.7 Å². The lowest BCUT2D eigenvalue weighted by molar-refractivity contribution is 0.361. The summed E-state index contributed by atoms with van der Waals surface area (Å²) in [6, 6.07) is 1.33. The molecule has 0 spiro atoms. The fourth-order valence-electron chi connectivity index (χ4n) is 2.38. The van der Waals surface area contributed by atoms with Crippen LogP contribution >= 0.6 is 15.9 Å². The van der Waals surface area contributed by atoms with Crippen LogP contribution < -0.4 is 5.32 Å². The van der Waals surface area contributed by atoms with E-state index in [2.05, 4.69) is 21.2 Å².